The number of hydrogen-bond acceptors (Lipinski definition) is 2. The largest absolute Gasteiger partial charge is 0.367 e. The summed E-state index contributed by atoms with van der Waals surface area (Å²) in [4.78, 5) is 1.06. The summed E-state index contributed by atoms with van der Waals surface area (Å²) < 4.78 is 18.9. The maximum Gasteiger partial charge on any atom is 0.123 e. The molecule has 0 saturated heterocycles. The number of halogens is 1. The molecule has 21 heavy (non-hydrogen) atoms. The first-order valence-electron chi connectivity index (χ1n) is 7.91. The topological polar surface area (TPSA) is 9.23 Å². The zero-order chi connectivity index (χ0) is 15.3. The van der Waals surface area contributed by atoms with Crippen molar-refractivity contribution in [1.82, 2.24) is 0 Å². The zero-order valence-corrected chi connectivity index (χ0v) is 13.8. The van der Waals surface area contributed by atoms with Crippen molar-refractivity contribution >= 4 is 11.8 Å². The van der Waals surface area contributed by atoms with E-state index in [0.29, 0.717) is 6.61 Å². The van der Waals surface area contributed by atoms with Crippen LogP contribution in [0.5, 0.6) is 0 Å². The summed E-state index contributed by atoms with van der Waals surface area (Å²) in [5, 5.41) is 0. The van der Waals surface area contributed by atoms with Gasteiger partial charge in [-0.3, -0.25) is 0 Å². The van der Waals surface area contributed by atoms with Crippen molar-refractivity contribution in [3.05, 3.63) is 42.7 Å². The number of ether oxygens (including phenoxy) is 1. The minimum absolute atomic E-state index is 0.150. The van der Waals surface area contributed by atoms with E-state index in [1.807, 2.05) is 18.2 Å². The fourth-order valence-electron chi connectivity index (χ4n) is 2.04. The molecule has 118 valence electrons. The number of thioether (sulfide) groups is 1. The average Bonchev–Trinajstić information content (AvgIpc) is 2.49. The van der Waals surface area contributed by atoms with Crippen LogP contribution < -0.4 is 0 Å². The number of unbranched alkanes of at least 4 members (excludes halogenated alkanes) is 4. The molecule has 1 atom stereocenters. The summed E-state index contributed by atoms with van der Waals surface area (Å²) in [6.45, 7) is 6.65. The van der Waals surface area contributed by atoms with Crippen molar-refractivity contribution in [3.63, 3.8) is 0 Å². The predicted octanol–water partition coefficient (Wildman–Crippen LogP) is 6.20. The second-order valence-electron chi connectivity index (χ2n) is 5.15. The molecule has 0 aliphatic heterocycles. The molecule has 1 unspecified atom stereocenters. The van der Waals surface area contributed by atoms with Gasteiger partial charge < -0.3 is 4.74 Å². The lowest BCUT2D eigenvalue weighted by Crippen LogP contribution is -2.09. The SMILES string of the molecule is C=CCCOC(CCCCCCC)Sc1ccc(F)cc1. The monoisotopic (exact) mass is 310 g/mol. The minimum Gasteiger partial charge on any atom is -0.367 e. The van der Waals surface area contributed by atoms with E-state index in [1.54, 1.807) is 11.8 Å². The molecule has 0 aromatic heterocycles. The third kappa shape index (κ3) is 8.94. The quantitative estimate of drug-likeness (QED) is 0.197. The minimum atomic E-state index is -0.192. The van der Waals surface area contributed by atoms with Crippen LogP contribution >= 0.6 is 11.8 Å². The molecule has 0 N–H and O–H groups in total. The molecule has 1 nitrogen and oxygen atoms in total. The lowest BCUT2D eigenvalue weighted by Gasteiger charge is -2.17. The van der Waals surface area contributed by atoms with Gasteiger partial charge in [0.25, 0.3) is 0 Å². The van der Waals surface area contributed by atoms with Gasteiger partial charge in [-0.05, 0) is 43.5 Å². The Hall–Kier alpha value is -0.800. The molecule has 0 aliphatic rings. The Morgan fingerprint density at radius 1 is 1.19 bits per heavy atom. The Labute approximate surface area is 133 Å². The fraction of sp³-hybridized carbons (Fsp3) is 0.556. The first-order chi connectivity index (χ1) is 10.3. The van der Waals surface area contributed by atoms with Crippen LogP contribution in [0.25, 0.3) is 0 Å². The molecule has 0 aliphatic carbocycles. The molecule has 0 saturated carbocycles. The maximum atomic E-state index is 12.9. The zero-order valence-electron chi connectivity index (χ0n) is 13.0. The van der Waals surface area contributed by atoms with E-state index in [9.17, 15) is 4.39 Å². The first kappa shape index (κ1) is 18.2. The molecule has 1 aromatic rings. The van der Waals surface area contributed by atoms with Crippen molar-refractivity contribution in [2.45, 2.75) is 62.2 Å². The number of benzene rings is 1. The Kier molecular flexibility index (Phi) is 10.3. The van der Waals surface area contributed by atoms with Crippen LogP contribution in [-0.2, 0) is 4.74 Å². The van der Waals surface area contributed by atoms with Crippen LogP contribution in [-0.4, -0.2) is 12.0 Å². The van der Waals surface area contributed by atoms with Gasteiger partial charge >= 0.3 is 0 Å². The Morgan fingerprint density at radius 2 is 1.90 bits per heavy atom. The van der Waals surface area contributed by atoms with Gasteiger partial charge in [-0.15, -0.1) is 6.58 Å². The summed E-state index contributed by atoms with van der Waals surface area (Å²) in [5.41, 5.74) is 0.150. The summed E-state index contributed by atoms with van der Waals surface area (Å²) in [7, 11) is 0. The van der Waals surface area contributed by atoms with E-state index in [1.165, 1.54) is 44.2 Å². The maximum absolute atomic E-state index is 12.9. The van der Waals surface area contributed by atoms with Gasteiger partial charge in [0, 0.05) is 4.90 Å². The molecule has 3 heteroatoms. The van der Waals surface area contributed by atoms with Gasteiger partial charge in [-0.1, -0.05) is 50.4 Å². The van der Waals surface area contributed by atoms with E-state index in [2.05, 4.69) is 13.5 Å². The summed E-state index contributed by atoms with van der Waals surface area (Å²) in [6.07, 6.45) is 10.1. The lowest BCUT2D eigenvalue weighted by atomic mass is 10.1. The van der Waals surface area contributed by atoms with Crippen molar-refractivity contribution in [3.8, 4) is 0 Å². The van der Waals surface area contributed by atoms with E-state index >= 15 is 0 Å². The van der Waals surface area contributed by atoms with Crippen molar-refractivity contribution < 1.29 is 9.13 Å². The number of rotatable bonds is 12. The summed E-state index contributed by atoms with van der Waals surface area (Å²) in [5.74, 6) is -0.192. The van der Waals surface area contributed by atoms with E-state index in [-0.39, 0.29) is 11.3 Å². The van der Waals surface area contributed by atoms with Gasteiger partial charge in [-0.2, -0.15) is 0 Å². The van der Waals surface area contributed by atoms with E-state index < -0.39 is 0 Å². The molecule has 1 aromatic carbocycles. The third-order valence-electron chi connectivity index (χ3n) is 3.25. The lowest BCUT2D eigenvalue weighted by molar-refractivity contribution is 0.109. The van der Waals surface area contributed by atoms with Gasteiger partial charge in [0.15, 0.2) is 0 Å². The highest BCUT2D eigenvalue weighted by Gasteiger charge is 2.10. The highest BCUT2D eigenvalue weighted by Crippen LogP contribution is 2.28. The molecule has 0 amide bonds. The van der Waals surface area contributed by atoms with Crippen LogP contribution in [0.3, 0.4) is 0 Å². The Morgan fingerprint density at radius 3 is 2.57 bits per heavy atom. The highest BCUT2D eigenvalue weighted by molar-refractivity contribution is 7.99. The third-order valence-corrected chi connectivity index (χ3v) is 4.43. The standard InChI is InChI=1S/C18H27FOS/c1-3-5-7-8-9-10-18(20-15-6-4-2)21-17-13-11-16(19)12-14-17/h4,11-14,18H,2-3,5-10,15H2,1H3. The molecule has 1 rings (SSSR count). The van der Waals surface area contributed by atoms with Crippen LogP contribution in [0.2, 0.25) is 0 Å². The number of hydrogen-bond donors (Lipinski definition) is 0. The van der Waals surface area contributed by atoms with E-state index in [0.717, 1.165) is 17.7 Å². The van der Waals surface area contributed by atoms with Gasteiger partial charge in [-0.25, -0.2) is 4.39 Å². The van der Waals surface area contributed by atoms with Crippen molar-refractivity contribution in [2.24, 2.45) is 0 Å². The molecule has 0 heterocycles. The second-order valence-corrected chi connectivity index (χ2v) is 6.39. The fourth-order valence-corrected chi connectivity index (χ4v) is 3.08. The smallest absolute Gasteiger partial charge is 0.123 e. The molecule has 0 fully saturated rings. The van der Waals surface area contributed by atoms with Crippen molar-refractivity contribution in [1.29, 1.82) is 0 Å². The predicted molar refractivity (Wildman–Crippen MR) is 90.2 cm³/mol. The molecule has 0 spiro atoms. The van der Waals surface area contributed by atoms with Crippen molar-refractivity contribution in [2.75, 3.05) is 6.61 Å². The van der Waals surface area contributed by atoms with Gasteiger partial charge in [0.1, 0.15) is 11.3 Å². The first-order valence-corrected chi connectivity index (χ1v) is 8.79. The Bertz CT molecular complexity index is 377. The van der Waals surface area contributed by atoms with Crippen LogP contribution in [0.4, 0.5) is 4.39 Å². The molecule has 0 bridgehead atoms. The molecule has 0 radical (unpaired) electrons. The summed E-state index contributed by atoms with van der Waals surface area (Å²) in [6, 6.07) is 6.65. The molecular formula is C18H27FOS. The van der Waals surface area contributed by atoms with Crippen LogP contribution in [0.1, 0.15) is 51.9 Å². The Balaban J connectivity index is 2.39. The molecular weight excluding hydrogens is 283 g/mol. The van der Waals surface area contributed by atoms with Crippen LogP contribution in [0, 0.1) is 5.82 Å². The van der Waals surface area contributed by atoms with E-state index in [4.69, 9.17) is 4.74 Å². The van der Waals surface area contributed by atoms with Gasteiger partial charge in [0.2, 0.25) is 0 Å². The van der Waals surface area contributed by atoms with Gasteiger partial charge in [0.05, 0.1) is 6.61 Å². The van der Waals surface area contributed by atoms with Crippen LogP contribution in [0.15, 0.2) is 41.8 Å². The highest BCUT2D eigenvalue weighted by atomic mass is 32.2. The summed E-state index contributed by atoms with van der Waals surface area (Å²) >= 11 is 1.69. The normalized spacial score (nSPS) is 12.3. The second kappa shape index (κ2) is 11.8. The average molecular weight is 310 g/mol.